The Bertz CT molecular complexity index is 319. The van der Waals surface area contributed by atoms with Gasteiger partial charge < -0.3 is 5.11 Å². The summed E-state index contributed by atoms with van der Waals surface area (Å²) in [7, 11) is -2.78. The summed E-state index contributed by atoms with van der Waals surface area (Å²) in [4.78, 5) is 2.09. The Labute approximate surface area is 84.8 Å². The van der Waals surface area contributed by atoms with Gasteiger partial charge in [0, 0.05) is 19.1 Å². The van der Waals surface area contributed by atoms with Crippen LogP contribution in [0.4, 0.5) is 0 Å². The molecule has 0 aromatic rings. The molecule has 4 nitrogen and oxygen atoms in total. The van der Waals surface area contributed by atoms with Crippen LogP contribution in [0.15, 0.2) is 0 Å². The third kappa shape index (κ3) is 1.81. The number of likely N-dealkylation sites (tertiary alicyclic amines) is 1. The van der Waals surface area contributed by atoms with E-state index in [2.05, 4.69) is 4.90 Å². The van der Waals surface area contributed by atoms with E-state index >= 15 is 0 Å². The van der Waals surface area contributed by atoms with Gasteiger partial charge in [0.15, 0.2) is 9.84 Å². The highest BCUT2D eigenvalue weighted by molar-refractivity contribution is 7.91. The first-order valence-electron chi connectivity index (χ1n) is 5.11. The fourth-order valence-corrected chi connectivity index (χ4v) is 4.02. The molecule has 2 saturated heterocycles. The van der Waals surface area contributed by atoms with Crippen LogP contribution in [-0.2, 0) is 9.84 Å². The molecule has 2 heterocycles. The van der Waals surface area contributed by atoms with Gasteiger partial charge in [-0.25, -0.2) is 8.42 Å². The molecule has 1 unspecified atom stereocenters. The zero-order chi connectivity index (χ0) is 10.4. The highest BCUT2D eigenvalue weighted by Crippen LogP contribution is 2.30. The zero-order valence-corrected chi connectivity index (χ0v) is 9.26. The van der Waals surface area contributed by atoms with Crippen LogP contribution in [0, 0.1) is 0 Å². The molecular weight excluding hydrogens is 202 g/mol. The monoisotopic (exact) mass is 219 g/mol. The van der Waals surface area contributed by atoms with E-state index in [0.717, 1.165) is 12.8 Å². The first-order chi connectivity index (χ1) is 6.44. The van der Waals surface area contributed by atoms with Crippen molar-refractivity contribution in [1.82, 2.24) is 4.90 Å². The number of hydrogen-bond donors (Lipinski definition) is 1. The van der Waals surface area contributed by atoms with Crippen LogP contribution in [0.2, 0.25) is 0 Å². The van der Waals surface area contributed by atoms with Gasteiger partial charge >= 0.3 is 0 Å². The minimum Gasteiger partial charge on any atom is -0.387 e. The molecule has 2 rings (SSSR count). The van der Waals surface area contributed by atoms with Crippen molar-refractivity contribution in [3.63, 3.8) is 0 Å². The Hall–Kier alpha value is -0.130. The lowest BCUT2D eigenvalue weighted by molar-refractivity contribution is -0.113. The Morgan fingerprint density at radius 3 is 2.57 bits per heavy atom. The van der Waals surface area contributed by atoms with Crippen LogP contribution >= 0.6 is 0 Å². The minimum atomic E-state index is -2.78. The number of β-amino-alcohol motifs (C(OH)–C–C–N with tert-alkyl or cyclic N) is 1. The van der Waals surface area contributed by atoms with Gasteiger partial charge in [0.25, 0.3) is 0 Å². The van der Waals surface area contributed by atoms with Gasteiger partial charge in [0.1, 0.15) is 0 Å². The second-order valence-corrected chi connectivity index (χ2v) is 6.77. The first kappa shape index (κ1) is 10.4. The van der Waals surface area contributed by atoms with E-state index in [0.29, 0.717) is 18.8 Å². The fourth-order valence-electron chi connectivity index (χ4n) is 2.25. The van der Waals surface area contributed by atoms with Crippen molar-refractivity contribution in [2.75, 3.05) is 24.6 Å². The fraction of sp³-hybridized carbons (Fsp3) is 1.00. The summed E-state index contributed by atoms with van der Waals surface area (Å²) in [6.07, 6.45) is 1.49. The normalized spacial score (nSPS) is 35.4. The predicted molar refractivity (Wildman–Crippen MR) is 53.9 cm³/mol. The Morgan fingerprint density at radius 1 is 1.50 bits per heavy atom. The number of nitrogens with zero attached hydrogens (tertiary/aromatic N) is 1. The van der Waals surface area contributed by atoms with Crippen LogP contribution in [-0.4, -0.2) is 54.7 Å². The molecule has 1 atom stereocenters. The van der Waals surface area contributed by atoms with E-state index in [-0.39, 0.29) is 11.8 Å². The average molecular weight is 219 g/mol. The molecule has 14 heavy (non-hydrogen) atoms. The molecule has 0 amide bonds. The molecule has 0 saturated carbocycles. The third-order valence-electron chi connectivity index (χ3n) is 3.38. The molecule has 2 fully saturated rings. The highest BCUT2D eigenvalue weighted by atomic mass is 32.2. The molecule has 5 heteroatoms. The van der Waals surface area contributed by atoms with E-state index in [1.807, 2.05) is 6.92 Å². The number of rotatable bonds is 2. The molecule has 82 valence electrons. The summed E-state index contributed by atoms with van der Waals surface area (Å²) in [5.74, 6) is 0.603. The van der Waals surface area contributed by atoms with Crippen molar-refractivity contribution < 1.29 is 13.5 Å². The lowest BCUT2D eigenvalue weighted by atomic mass is 9.89. The van der Waals surface area contributed by atoms with E-state index in [9.17, 15) is 13.5 Å². The van der Waals surface area contributed by atoms with Crippen molar-refractivity contribution >= 4 is 9.84 Å². The molecule has 0 aromatic heterocycles. The van der Waals surface area contributed by atoms with Crippen molar-refractivity contribution in [3.05, 3.63) is 0 Å². The third-order valence-corrected chi connectivity index (χ3v) is 5.13. The molecule has 0 aromatic carbocycles. The van der Waals surface area contributed by atoms with Gasteiger partial charge in [-0.3, -0.25) is 4.90 Å². The van der Waals surface area contributed by atoms with Crippen LogP contribution in [0.25, 0.3) is 0 Å². The van der Waals surface area contributed by atoms with Crippen LogP contribution in [0.1, 0.15) is 19.8 Å². The summed E-state index contributed by atoms with van der Waals surface area (Å²) in [5, 5.41) is 9.79. The van der Waals surface area contributed by atoms with Crippen molar-refractivity contribution in [3.8, 4) is 0 Å². The van der Waals surface area contributed by atoms with Gasteiger partial charge in [0.05, 0.1) is 17.1 Å². The SMILES string of the molecule is CCC1(O)CN(C2CCS(=O)(=O)C2)C1. The molecule has 2 aliphatic heterocycles. The second-order valence-electron chi connectivity index (χ2n) is 4.54. The molecular formula is C9H17NO3S. The Morgan fingerprint density at radius 2 is 2.14 bits per heavy atom. The number of hydrogen-bond acceptors (Lipinski definition) is 4. The molecule has 0 aliphatic carbocycles. The lowest BCUT2D eigenvalue weighted by Crippen LogP contribution is -2.64. The van der Waals surface area contributed by atoms with E-state index in [1.165, 1.54) is 0 Å². The molecule has 0 bridgehead atoms. The first-order valence-corrected chi connectivity index (χ1v) is 6.93. The van der Waals surface area contributed by atoms with Gasteiger partial charge in [-0.2, -0.15) is 0 Å². The lowest BCUT2D eigenvalue weighted by Gasteiger charge is -2.48. The maximum Gasteiger partial charge on any atom is 0.151 e. The quantitative estimate of drug-likeness (QED) is 0.688. The Balaban J connectivity index is 1.90. The maximum atomic E-state index is 11.2. The number of sulfone groups is 1. The van der Waals surface area contributed by atoms with Crippen molar-refractivity contribution in [2.45, 2.75) is 31.4 Å². The van der Waals surface area contributed by atoms with Crippen molar-refractivity contribution in [2.24, 2.45) is 0 Å². The average Bonchev–Trinajstić information content (AvgIpc) is 2.40. The molecule has 1 N–H and O–H groups in total. The van der Waals surface area contributed by atoms with Gasteiger partial charge in [0.2, 0.25) is 0 Å². The summed E-state index contributed by atoms with van der Waals surface area (Å²) < 4.78 is 22.5. The summed E-state index contributed by atoms with van der Waals surface area (Å²) in [6.45, 7) is 3.25. The van der Waals surface area contributed by atoms with Gasteiger partial charge in [-0.05, 0) is 12.8 Å². The standard InChI is InChI=1S/C9H17NO3S/c1-2-9(11)6-10(7-9)8-3-4-14(12,13)5-8/h8,11H,2-7H2,1H3. The van der Waals surface area contributed by atoms with Crippen molar-refractivity contribution in [1.29, 1.82) is 0 Å². The summed E-state index contributed by atoms with van der Waals surface area (Å²) in [5.41, 5.74) is -0.549. The van der Waals surface area contributed by atoms with Gasteiger partial charge in [-0.1, -0.05) is 6.92 Å². The maximum absolute atomic E-state index is 11.2. The van der Waals surface area contributed by atoms with Crippen LogP contribution in [0.3, 0.4) is 0 Å². The van der Waals surface area contributed by atoms with E-state index in [4.69, 9.17) is 0 Å². The largest absolute Gasteiger partial charge is 0.387 e. The molecule has 2 aliphatic rings. The second kappa shape index (κ2) is 3.18. The van der Waals surface area contributed by atoms with E-state index < -0.39 is 15.4 Å². The number of aliphatic hydroxyl groups is 1. The topological polar surface area (TPSA) is 57.6 Å². The van der Waals surface area contributed by atoms with Crippen LogP contribution in [0.5, 0.6) is 0 Å². The molecule has 0 radical (unpaired) electrons. The minimum absolute atomic E-state index is 0.159. The van der Waals surface area contributed by atoms with Gasteiger partial charge in [-0.15, -0.1) is 0 Å². The van der Waals surface area contributed by atoms with Crippen LogP contribution < -0.4 is 0 Å². The Kier molecular flexibility index (Phi) is 2.36. The zero-order valence-electron chi connectivity index (χ0n) is 8.44. The van der Waals surface area contributed by atoms with E-state index in [1.54, 1.807) is 0 Å². The highest BCUT2D eigenvalue weighted by Gasteiger charge is 2.45. The predicted octanol–water partition coefficient (Wildman–Crippen LogP) is -0.370. The summed E-state index contributed by atoms with van der Waals surface area (Å²) in [6, 6.07) is 0.159. The smallest absolute Gasteiger partial charge is 0.151 e. The molecule has 0 spiro atoms. The summed E-state index contributed by atoms with van der Waals surface area (Å²) >= 11 is 0.